The summed E-state index contributed by atoms with van der Waals surface area (Å²) in [5.41, 5.74) is 8.87. The molecule has 0 saturated carbocycles. The van der Waals surface area contributed by atoms with Crippen molar-refractivity contribution in [2.45, 2.75) is 195 Å². The number of hydrogen-bond donors (Lipinski definition) is 0. The number of hydrogen-bond acceptors (Lipinski definition) is 0. The quantitative estimate of drug-likeness (QED) is 0.0959. The van der Waals surface area contributed by atoms with Crippen molar-refractivity contribution in [3.8, 4) is 0 Å². The zero-order chi connectivity index (χ0) is 31.1. The highest BCUT2D eigenvalue weighted by Crippen LogP contribution is 2.34. The fraction of sp³-hybridized carbons (Fsp3) is 0.721. The van der Waals surface area contributed by atoms with Crippen LogP contribution in [0.15, 0.2) is 36.4 Å². The van der Waals surface area contributed by atoms with E-state index in [0.717, 1.165) is 5.92 Å². The Morgan fingerprint density at radius 3 is 1.26 bits per heavy atom. The smallest absolute Gasteiger partial charge is 0.0159 e. The lowest BCUT2D eigenvalue weighted by molar-refractivity contribution is 0.372. The van der Waals surface area contributed by atoms with Gasteiger partial charge in [0, 0.05) is 0 Å². The Morgan fingerprint density at radius 1 is 0.419 bits per heavy atom. The number of unbranched alkanes of at least 4 members (excludes halogenated alkanes) is 17. The topological polar surface area (TPSA) is 0 Å². The molecular weight excluding hydrogens is 516 g/mol. The van der Waals surface area contributed by atoms with Gasteiger partial charge in [-0.3, -0.25) is 0 Å². The minimum Gasteiger partial charge on any atom is -0.0654 e. The molecule has 0 N–H and O–H groups in total. The average molecular weight is 589 g/mol. The first-order chi connectivity index (χ1) is 20.9. The molecule has 244 valence electrons. The molecule has 2 aromatic carbocycles. The van der Waals surface area contributed by atoms with Crippen LogP contribution in [0.1, 0.15) is 194 Å². The molecular formula is C43H72. The third-order valence-corrected chi connectivity index (χ3v) is 9.76. The maximum absolute atomic E-state index is 2.50. The molecule has 0 nitrogen and oxygen atoms in total. The zero-order valence-electron chi connectivity index (χ0n) is 29.9. The van der Waals surface area contributed by atoms with E-state index in [-0.39, 0.29) is 0 Å². The molecule has 0 aliphatic rings. The van der Waals surface area contributed by atoms with Crippen molar-refractivity contribution in [3.63, 3.8) is 0 Å². The normalized spacial score (nSPS) is 13.0. The second-order valence-electron chi connectivity index (χ2n) is 14.5. The summed E-state index contributed by atoms with van der Waals surface area (Å²) in [5, 5.41) is 0. The third kappa shape index (κ3) is 18.1. The lowest BCUT2D eigenvalue weighted by Gasteiger charge is -2.26. The third-order valence-electron chi connectivity index (χ3n) is 9.76. The largest absolute Gasteiger partial charge is 0.0654 e. The summed E-state index contributed by atoms with van der Waals surface area (Å²) in [6.45, 7) is 13.8. The molecule has 0 heterocycles. The molecule has 0 aromatic heterocycles. The van der Waals surface area contributed by atoms with E-state index < -0.39 is 0 Å². The van der Waals surface area contributed by atoms with Crippen molar-refractivity contribution in [3.05, 3.63) is 69.8 Å². The second-order valence-corrected chi connectivity index (χ2v) is 14.5. The molecule has 0 bridgehead atoms. The minimum absolute atomic E-state index is 0.697. The first kappa shape index (κ1) is 37.6. The molecule has 0 fully saturated rings. The van der Waals surface area contributed by atoms with Gasteiger partial charge < -0.3 is 0 Å². The highest BCUT2D eigenvalue weighted by Gasteiger charge is 2.20. The van der Waals surface area contributed by atoms with E-state index in [9.17, 15) is 0 Å². The summed E-state index contributed by atoms with van der Waals surface area (Å²) in [4.78, 5) is 0. The van der Waals surface area contributed by atoms with Gasteiger partial charge in [-0.2, -0.15) is 0 Å². The first-order valence-electron chi connectivity index (χ1n) is 19.1. The van der Waals surface area contributed by atoms with Crippen LogP contribution in [0.2, 0.25) is 0 Å². The maximum atomic E-state index is 2.50. The standard InChI is InChI=1S/C43H72/c1-7-9-11-12-13-14-15-16-17-18-19-20-21-22-23-25-27-42(43-32-38(5)29-39(6)33-43)35-40(26-24-10-8-2)34-41-30-36(3)28-37(4)31-41/h28-33,40,42H,7-27,34-35H2,1-6H3. The summed E-state index contributed by atoms with van der Waals surface area (Å²) in [6, 6.07) is 14.6. The Bertz CT molecular complexity index is 912. The molecule has 0 spiro atoms. The number of benzene rings is 2. The molecule has 0 aliphatic carbocycles. The maximum Gasteiger partial charge on any atom is -0.0159 e. The summed E-state index contributed by atoms with van der Waals surface area (Å²) in [6.07, 6.45) is 32.5. The van der Waals surface area contributed by atoms with Crippen molar-refractivity contribution >= 4 is 0 Å². The summed E-state index contributed by atoms with van der Waals surface area (Å²) in [5.74, 6) is 1.47. The van der Waals surface area contributed by atoms with Gasteiger partial charge in [0.15, 0.2) is 0 Å². The monoisotopic (exact) mass is 589 g/mol. The molecule has 0 aliphatic heterocycles. The Balaban J connectivity index is 1.79. The van der Waals surface area contributed by atoms with E-state index >= 15 is 0 Å². The Morgan fingerprint density at radius 2 is 0.791 bits per heavy atom. The van der Waals surface area contributed by atoms with Crippen LogP contribution in [0.5, 0.6) is 0 Å². The van der Waals surface area contributed by atoms with Crippen LogP contribution < -0.4 is 0 Å². The molecule has 2 aromatic rings. The van der Waals surface area contributed by atoms with Gasteiger partial charge in [0.25, 0.3) is 0 Å². The fourth-order valence-corrected chi connectivity index (χ4v) is 7.51. The van der Waals surface area contributed by atoms with Crippen LogP contribution >= 0.6 is 0 Å². The van der Waals surface area contributed by atoms with Gasteiger partial charge in [-0.1, -0.05) is 201 Å². The predicted molar refractivity (Wildman–Crippen MR) is 195 cm³/mol. The lowest BCUT2D eigenvalue weighted by Crippen LogP contribution is -2.12. The Hall–Kier alpha value is -1.56. The predicted octanol–water partition coefficient (Wildman–Crippen LogP) is 14.5. The molecule has 43 heavy (non-hydrogen) atoms. The molecule has 2 unspecified atom stereocenters. The highest BCUT2D eigenvalue weighted by molar-refractivity contribution is 5.32. The average Bonchev–Trinajstić information content (AvgIpc) is 2.95. The van der Waals surface area contributed by atoms with E-state index in [1.165, 1.54) is 170 Å². The molecule has 0 radical (unpaired) electrons. The minimum atomic E-state index is 0.697. The van der Waals surface area contributed by atoms with Gasteiger partial charge in [-0.25, -0.2) is 0 Å². The van der Waals surface area contributed by atoms with Gasteiger partial charge in [-0.05, 0) is 69.9 Å². The summed E-state index contributed by atoms with van der Waals surface area (Å²) < 4.78 is 0. The van der Waals surface area contributed by atoms with Gasteiger partial charge in [0.05, 0.1) is 0 Å². The van der Waals surface area contributed by atoms with Crippen LogP contribution in [0.3, 0.4) is 0 Å². The van der Waals surface area contributed by atoms with E-state index in [0.29, 0.717) is 5.92 Å². The highest BCUT2D eigenvalue weighted by atomic mass is 14.2. The van der Waals surface area contributed by atoms with Gasteiger partial charge >= 0.3 is 0 Å². The van der Waals surface area contributed by atoms with Crippen molar-refractivity contribution in [1.29, 1.82) is 0 Å². The Kier molecular flexibility index (Phi) is 20.8. The SMILES string of the molecule is CCCCCCCCCCCCCCCCCCC(CC(CCCCC)Cc1cc(C)cc(C)c1)c1cc(C)cc(C)c1. The van der Waals surface area contributed by atoms with Crippen molar-refractivity contribution in [2.75, 3.05) is 0 Å². The van der Waals surface area contributed by atoms with Crippen molar-refractivity contribution < 1.29 is 0 Å². The van der Waals surface area contributed by atoms with E-state index in [1.54, 1.807) is 11.1 Å². The van der Waals surface area contributed by atoms with E-state index in [4.69, 9.17) is 0 Å². The van der Waals surface area contributed by atoms with Gasteiger partial charge in [0.2, 0.25) is 0 Å². The molecule has 2 rings (SSSR count). The zero-order valence-corrected chi connectivity index (χ0v) is 29.9. The number of aryl methyl sites for hydroxylation is 4. The van der Waals surface area contributed by atoms with Crippen LogP contribution in [-0.4, -0.2) is 0 Å². The second kappa shape index (κ2) is 23.8. The molecule has 0 heteroatoms. The van der Waals surface area contributed by atoms with Crippen molar-refractivity contribution in [2.24, 2.45) is 5.92 Å². The summed E-state index contributed by atoms with van der Waals surface area (Å²) >= 11 is 0. The van der Waals surface area contributed by atoms with Crippen molar-refractivity contribution in [1.82, 2.24) is 0 Å². The van der Waals surface area contributed by atoms with Crippen LogP contribution in [0, 0.1) is 33.6 Å². The van der Waals surface area contributed by atoms with E-state index in [2.05, 4.69) is 77.9 Å². The van der Waals surface area contributed by atoms with Crippen LogP contribution in [0.25, 0.3) is 0 Å². The summed E-state index contributed by atoms with van der Waals surface area (Å²) in [7, 11) is 0. The van der Waals surface area contributed by atoms with E-state index in [1.807, 2.05) is 0 Å². The van der Waals surface area contributed by atoms with Crippen LogP contribution in [0.4, 0.5) is 0 Å². The molecule has 0 amide bonds. The number of rotatable bonds is 26. The lowest BCUT2D eigenvalue weighted by atomic mass is 9.79. The Labute approximate surface area is 270 Å². The van der Waals surface area contributed by atoms with Gasteiger partial charge in [0.1, 0.15) is 0 Å². The molecule has 2 atom stereocenters. The first-order valence-corrected chi connectivity index (χ1v) is 19.1. The fourth-order valence-electron chi connectivity index (χ4n) is 7.51. The molecule has 0 saturated heterocycles. The van der Waals surface area contributed by atoms with Gasteiger partial charge in [-0.15, -0.1) is 0 Å². The van der Waals surface area contributed by atoms with Crippen LogP contribution in [-0.2, 0) is 6.42 Å².